The summed E-state index contributed by atoms with van der Waals surface area (Å²) in [5.41, 5.74) is 0.629. The van der Waals surface area contributed by atoms with Gasteiger partial charge in [0, 0.05) is 44.6 Å². The lowest BCUT2D eigenvalue weighted by Crippen LogP contribution is -2.44. The van der Waals surface area contributed by atoms with Crippen molar-refractivity contribution < 1.29 is 19.1 Å². The highest BCUT2D eigenvalue weighted by molar-refractivity contribution is 5.83. The third-order valence-electron chi connectivity index (χ3n) is 6.65. The van der Waals surface area contributed by atoms with Crippen molar-refractivity contribution >= 4 is 11.9 Å². The van der Waals surface area contributed by atoms with Crippen LogP contribution in [0.25, 0.3) is 0 Å². The summed E-state index contributed by atoms with van der Waals surface area (Å²) in [6, 6.07) is 5.03. The van der Waals surface area contributed by atoms with Gasteiger partial charge in [0.15, 0.2) is 0 Å². The maximum absolute atomic E-state index is 13.8. The number of carbonyl (C=O) groups is 2. The highest BCUT2D eigenvalue weighted by Gasteiger charge is 2.58. The first-order valence-electron chi connectivity index (χ1n) is 9.39. The summed E-state index contributed by atoms with van der Waals surface area (Å²) in [4.78, 5) is 28.6. The molecule has 2 atom stereocenters. The SMILES string of the molecule is Cc1c(F)cccc1CN1C[C@H]2CN(C(=O)C3CCC3)C[C@@]2(C(=O)O)C1. The van der Waals surface area contributed by atoms with Gasteiger partial charge in [-0.3, -0.25) is 14.5 Å². The van der Waals surface area contributed by atoms with Crippen LogP contribution in [0.15, 0.2) is 18.2 Å². The van der Waals surface area contributed by atoms with E-state index in [1.54, 1.807) is 17.9 Å². The Morgan fingerprint density at radius 1 is 1.27 bits per heavy atom. The maximum atomic E-state index is 13.8. The first-order chi connectivity index (χ1) is 12.4. The van der Waals surface area contributed by atoms with E-state index >= 15 is 0 Å². The lowest BCUT2D eigenvalue weighted by molar-refractivity contribution is -0.149. The zero-order chi connectivity index (χ0) is 18.5. The summed E-state index contributed by atoms with van der Waals surface area (Å²) in [5.74, 6) is -0.862. The van der Waals surface area contributed by atoms with Crippen molar-refractivity contribution in [2.45, 2.75) is 32.7 Å². The highest BCUT2D eigenvalue weighted by Crippen LogP contribution is 2.44. The molecule has 1 aliphatic carbocycles. The van der Waals surface area contributed by atoms with Gasteiger partial charge < -0.3 is 10.0 Å². The predicted octanol–water partition coefficient (Wildman–Crippen LogP) is 2.28. The average Bonchev–Trinajstić information content (AvgIpc) is 3.05. The first kappa shape index (κ1) is 17.5. The van der Waals surface area contributed by atoms with Crippen LogP contribution in [-0.2, 0) is 16.1 Å². The molecule has 2 heterocycles. The Hall–Kier alpha value is -1.95. The molecule has 1 saturated carbocycles. The topological polar surface area (TPSA) is 60.9 Å². The van der Waals surface area contributed by atoms with E-state index in [4.69, 9.17) is 0 Å². The number of amides is 1. The third-order valence-corrected chi connectivity index (χ3v) is 6.65. The van der Waals surface area contributed by atoms with Crippen LogP contribution in [0.4, 0.5) is 4.39 Å². The van der Waals surface area contributed by atoms with Gasteiger partial charge in [0.1, 0.15) is 11.2 Å². The number of rotatable bonds is 4. The number of likely N-dealkylation sites (tertiary alicyclic amines) is 2. The molecule has 1 aromatic carbocycles. The van der Waals surface area contributed by atoms with Gasteiger partial charge >= 0.3 is 5.97 Å². The van der Waals surface area contributed by atoms with E-state index in [-0.39, 0.29) is 23.6 Å². The normalized spacial score (nSPS) is 28.8. The largest absolute Gasteiger partial charge is 0.481 e. The molecule has 0 unspecified atom stereocenters. The van der Waals surface area contributed by atoms with Gasteiger partial charge in [-0.05, 0) is 37.0 Å². The van der Waals surface area contributed by atoms with Crippen LogP contribution in [0.2, 0.25) is 0 Å². The van der Waals surface area contributed by atoms with E-state index in [0.717, 1.165) is 24.8 Å². The molecule has 2 saturated heterocycles. The molecule has 3 aliphatic rings. The Balaban J connectivity index is 1.49. The molecule has 0 spiro atoms. The fourth-order valence-electron chi connectivity index (χ4n) is 4.74. The summed E-state index contributed by atoms with van der Waals surface area (Å²) in [5, 5.41) is 9.94. The number of carboxylic acid groups (broad SMARTS) is 1. The van der Waals surface area contributed by atoms with Gasteiger partial charge in [-0.25, -0.2) is 4.39 Å². The van der Waals surface area contributed by atoms with E-state index in [1.807, 2.05) is 6.07 Å². The van der Waals surface area contributed by atoms with Crippen LogP contribution in [-0.4, -0.2) is 53.0 Å². The minimum absolute atomic E-state index is 0.0575. The molecule has 0 radical (unpaired) electrons. The van der Waals surface area contributed by atoms with Crippen molar-refractivity contribution in [1.82, 2.24) is 9.80 Å². The summed E-state index contributed by atoms with van der Waals surface area (Å²) >= 11 is 0. The average molecular weight is 360 g/mol. The summed E-state index contributed by atoms with van der Waals surface area (Å²) < 4.78 is 13.8. The van der Waals surface area contributed by atoms with Gasteiger partial charge in [-0.15, -0.1) is 0 Å². The van der Waals surface area contributed by atoms with E-state index in [2.05, 4.69) is 4.90 Å². The van der Waals surface area contributed by atoms with Crippen LogP contribution < -0.4 is 0 Å². The van der Waals surface area contributed by atoms with Crippen molar-refractivity contribution in [3.8, 4) is 0 Å². The van der Waals surface area contributed by atoms with Gasteiger partial charge in [-0.2, -0.15) is 0 Å². The zero-order valence-electron chi connectivity index (χ0n) is 15.1. The summed E-state index contributed by atoms with van der Waals surface area (Å²) in [7, 11) is 0. The highest BCUT2D eigenvalue weighted by atomic mass is 19.1. The Morgan fingerprint density at radius 2 is 2.04 bits per heavy atom. The number of carboxylic acids is 1. The molecule has 140 valence electrons. The molecule has 6 heteroatoms. The summed E-state index contributed by atoms with van der Waals surface area (Å²) in [6.45, 7) is 4.19. The molecule has 0 aromatic heterocycles. The molecule has 1 aromatic rings. The minimum atomic E-state index is -0.888. The number of aliphatic carboxylic acids is 1. The van der Waals surface area contributed by atoms with Crippen LogP contribution in [0.5, 0.6) is 0 Å². The third kappa shape index (κ3) is 2.71. The van der Waals surface area contributed by atoms with E-state index in [9.17, 15) is 19.1 Å². The first-order valence-corrected chi connectivity index (χ1v) is 9.39. The van der Waals surface area contributed by atoms with Crippen LogP contribution >= 0.6 is 0 Å². The number of halogens is 1. The van der Waals surface area contributed by atoms with Gasteiger partial charge in [0.05, 0.1) is 0 Å². The van der Waals surface area contributed by atoms with E-state index in [0.29, 0.717) is 38.3 Å². The Labute approximate surface area is 152 Å². The van der Waals surface area contributed by atoms with Gasteiger partial charge in [0.25, 0.3) is 0 Å². The van der Waals surface area contributed by atoms with E-state index < -0.39 is 11.4 Å². The number of nitrogens with zero attached hydrogens (tertiary/aromatic N) is 2. The Kier molecular flexibility index (Phi) is 4.26. The molecule has 1 N–H and O–H groups in total. The van der Waals surface area contributed by atoms with Crippen molar-refractivity contribution in [3.05, 3.63) is 35.1 Å². The second-order valence-electron chi connectivity index (χ2n) is 8.20. The maximum Gasteiger partial charge on any atom is 0.313 e. The molecular weight excluding hydrogens is 335 g/mol. The molecule has 4 rings (SSSR count). The van der Waals surface area contributed by atoms with Crippen molar-refractivity contribution in [1.29, 1.82) is 0 Å². The van der Waals surface area contributed by atoms with Gasteiger partial charge in [-0.1, -0.05) is 18.6 Å². The number of fused-ring (bicyclic) bond motifs is 1. The van der Waals surface area contributed by atoms with Crippen LogP contribution in [0.1, 0.15) is 30.4 Å². The fraction of sp³-hybridized carbons (Fsp3) is 0.600. The fourth-order valence-corrected chi connectivity index (χ4v) is 4.74. The molecule has 26 heavy (non-hydrogen) atoms. The smallest absolute Gasteiger partial charge is 0.313 e. The van der Waals surface area contributed by atoms with Crippen LogP contribution in [0.3, 0.4) is 0 Å². The Bertz CT molecular complexity index is 749. The number of hydrogen-bond acceptors (Lipinski definition) is 3. The monoisotopic (exact) mass is 360 g/mol. The quantitative estimate of drug-likeness (QED) is 0.895. The predicted molar refractivity (Wildman–Crippen MR) is 93.9 cm³/mol. The molecule has 2 aliphatic heterocycles. The lowest BCUT2D eigenvalue weighted by atomic mass is 9.81. The second kappa shape index (κ2) is 6.34. The second-order valence-corrected chi connectivity index (χ2v) is 8.20. The molecule has 1 amide bonds. The van der Waals surface area contributed by atoms with Crippen molar-refractivity contribution in [2.75, 3.05) is 26.2 Å². The van der Waals surface area contributed by atoms with Crippen molar-refractivity contribution in [2.24, 2.45) is 17.3 Å². The lowest BCUT2D eigenvalue weighted by Gasteiger charge is -2.31. The van der Waals surface area contributed by atoms with Crippen molar-refractivity contribution in [3.63, 3.8) is 0 Å². The standard InChI is InChI=1S/C20H25FN2O3/c1-13-15(6-3-7-17(13)21)8-22-9-16-10-23(18(24)14-4-2-5-14)12-20(16,11-22)19(25)26/h3,6-7,14,16H,2,4-5,8-12H2,1H3,(H,25,26)/t16-,20-/m0/s1. The van der Waals surface area contributed by atoms with Crippen LogP contribution in [0, 0.1) is 30.0 Å². The number of hydrogen-bond donors (Lipinski definition) is 1. The zero-order valence-corrected chi connectivity index (χ0v) is 15.1. The minimum Gasteiger partial charge on any atom is -0.481 e. The molecule has 3 fully saturated rings. The Morgan fingerprint density at radius 3 is 2.65 bits per heavy atom. The number of benzene rings is 1. The van der Waals surface area contributed by atoms with E-state index in [1.165, 1.54) is 6.07 Å². The molecule has 5 nitrogen and oxygen atoms in total. The molecule has 0 bridgehead atoms. The van der Waals surface area contributed by atoms with Gasteiger partial charge in [0.2, 0.25) is 5.91 Å². The molecular formula is C20H25FN2O3. The number of carbonyl (C=O) groups excluding carboxylic acids is 1. The summed E-state index contributed by atoms with van der Waals surface area (Å²) in [6.07, 6.45) is 2.97.